The van der Waals surface area contributed by atoms with Crippen LogP contribution < -0.4 is 5.73 Å². The predicted molar refractivity (Wildman–Crippen MR) is 129 cm³/mol. The first-order chi connectivity index (χ1) is 15.9. The van der Waals surface area contributed by atoms with E-state index in [0.717, 1.165) is 22.8 Å². The summed E-state index contributed by atoms with van der Waals surface area (Å²) in [6.07, 6.45) is -0.276. The Morgan fingerprint density at radius 3 is 2.21 bits per heavy atom. The first-order valence-electron chi connectivity index (χ1n) is 10.4. The van der Waals surface area contributed by atoms with Crippen molar-refractivity contribution < 1.29 is 23.1 Å². The van der Waals surface area contributed by atoms with Crippen LogP contribution in [0.1, 0.15) is 49.7 Å². The molecule has 3 rings (SSSR count). The van der Waals surface area contributed by atoms with E-state index in [9.17, 15) is 18.0 Å². The molecule has 2 aromatic carbocycles. The van der Waals surface area contributed by atoms with Crippen molar-refractivity contribution in [3.8, 4) is 0 Å². The maximum Gasteiger partial charge on any atom is 0.399 e. The number of aliphatic hydroxyl groups is 1. The van der Waals surface area contributed by atoms with Gasteiger partial charge < -0.3 is 10.8 Å². The number of aryl methyl sites for hydroxylation is 3. The van der Waals surface area contributed by atoms with Gasteiger partial charge in [-0.15, -0.1) is 0 Å². The van der Waals surface area contributed by atoms with Crippen molar-refractivity contribution in [2.24, 2.45) is 5.73 Å². The van der Waals surface area contributed by atoms with E-state index in [1.54, 1.807) is 63.4 Å². The number of aromatic nitrogens is 1. The lowest BCUT2D eigenvalue weighted by Gasteiger charge is -2.18. The molecule has 0 radical (unpaired) electrons. The molecule has 34 heavy (non-hydrogen) atoms. The Balaban J connectivity index is 0.000000379. The van der Waals surface area contributed by atoms with Crippen LogP contribution in [0.2, 0.25) is 5.15 Å². The Hall–Kier alpha value is -3.16. The quantitative estimate of drug-likeness (QED) is 0.412. The third-order valence-corrected chi connectivity index (χ3v) is 5.15. The van der Waals surface area contributed by atoms with Gasteiger partial charge >= 0.3 is 6.18 Å². The Morgan fingerprint density at radius 2 is 1.74 bits per heavy atom. The number of carbonyl (C=O) groups is 1. The molecule has 0 aliphatic carbocycles. The van der Waals surface area contributed by atoms with E-state index in [2.05, 4.69) is 4.98 Å². The third-order valence-electron chi connectivity index (χ3n) is 4.92. The Labute approximate surface area is 201 Å². The highest BCUT2D eigenvalue weighted by molar-refractivity contribution is 6.29. The minimum atomic E-state index is -4.39. The fourth-order valence-electron chi connectivity index (χ4n) is 3.37. The minimum absolute atomic E-state index is 0.0180. The summed E-state index contributed by atoms with van der Waals surface area (Å²) in [7, 11) is 0. The predicted octanol–water partition coefficient (Wildman–Crippen LogP) is 6.30. The number of amides is 1. The molecule has 3 N–H and O–H groups in total. The van der Waals surface area contributed by atoms with E-state index in [1.165, 1.54) is 12.1 Å². The number of alkyl halides is 3. The van der Waals surface area contributed by atoms with Crippen molar-refractivity contribution in [1.29, 1.82) is 0 Å². The second-order valence-electron chi connectivity index (χ2n) is 7.89. The van der Waals surface area contributed by atoms with Crippen molar-refractivity contribution in [3.63, 3.8) is 0 Å². The summed E-state index contributed by atoms with van der Waals surface area (Å²) >= 11 is 5.48. The van der Waals surface area contributed by atoms with Gasteiger partial charge in [-0.1, -0.05) is 71.3 Å². The summed E-state index contributed by atoms with van der Waals surface area (Å²) in [5, 5.41) is 9.00. The summed E-state index contributed by atoms with van der Waals surface area (Å²) in [5.41, 5.74) is 9.39. The van der Waals surface area contributed by atoms with E-state index in [1.807, 2.05) is 6.07 Å². The number of halogens is 4. The molecular formula is C26H26ClF3N2O2. The van der Waals surface area contributed by atoms with Crippen LogP contribution in [0.25, 0.3) is 6.08 Å². The van der Waals surface area contributed by atoms with Crippen LogP contribution in [0.3, 0.4) is 0 Å². The maximum absolute atomic E-state index is 13.5. The van der Waals surface area contributed by atoms with Gasteiger partial charge in [-0.05, 0) is 55.2 Å². The second-order valence-corrected chi connectivity index (χ2v) is 8.27. The van der Waals surface area contributed by atoms with Crippen molar-refractivity contribution in [1.82, 2.24) is 4.98 Å². The zero-order valence-electron chi connectivity index (χ0n) is 19.0. The topological polar surface area (TPSA) is 76.2 Å². The average molecular weight is 491 g/mol. The number of nitrogens with two attached hydrogens (primary N) is 1. The SMILES string of the molecule is Cc1cc(C)cc(C(/C=C/c2ccc(C(N)=O)c(C)c2)C(F)(F)F)c1.OCc1ccc(Cl)nc1. The van der Waals surface area contributed by atoms with Crippen LogP contribution in [-0.4, -0.2) is 22.2 Å². The molecule has 0 aliphatic rings. The van der Waals surface area contributed by atoms with E-state index >= 15 is 0 Å². The van der Waals surface area contributed by atoms with Crippen LogP contribution in [-0.2, 0) is 6.61 Å². The van der Waals surface area contributed by atoms with E-state index < -0.39 is 18.0 Å². The van der Waals surface area contributed by atoms with Gasteiger partial charge in [0.25, 0.3) is 0 Å². The average Bonchev–Trinajstić information content (AvgIpc) is 2.73. The van der Waals surface area contributed by atoms with Gasteiger partial charge in [-0.3, -0.25) is 4.79 Å². The molecule has 1 atom stereocenters. The fraction of sp³-hybridized carbons (Fsp3) is 0.231. The lowest BCUT2D eigenvalue weighted by atomic mass is 9.93. The highest BCUT2D eigenvalue weighted by Crippen LogP contribution is 2.37. The van der Waals surface area contributed by atoms with Gasteiger partial charge in [0.15, 0.2) is 0 Å². The van der Waals surface area contributed by atoms with Crippen LogP contribution in [0, 0.1) is 20.8 Å². The molecule has 1 aromatic heterocycles. The largest absolute Gasteiger partial charge is 0.399 e. The summed E-state index contributed by atoms with van der Waals surface area (Å²) in [5.74, 6) is -2.25. The van der Waals surface area contributed by atoms with E-state index in [-0.39, 0.29) is 12.2 Å². The van der Waals surface area contributed by atoms with Crippen molar-refractivity contribution >= 4 is 23.6 Å². The standard InChI is InChI=1S/C20H20F3NO.C6H6ClNO/c1-12-8-13(2)10-16(9-12)18(20(21,22)23)7-5-15-4-6-17(19(24)25)14(3)11-15;7-6-2-1-5(4-9)3-8-6/h4-11,18H,1-3H3,(H2,24,25);1-3,9H,4H2/b7-5+;. The Morgan fingerprint density at radius 1 is 1.09 bits per heavy atom. The van der Waals surface area contributed by atoms with Gasteiger partial charge in [-0.25, -0.2) is 4.98 Å². The number of pyridine rings is 1. The number of benzene rings is 2. The molecule has 0 saturated heterocycles. The van der Waals surface area contributed by atoms with Gasteiger partial charge in [0.05, 0.1) is 12.5 Å². The summed E-state index contributed by atoms with van der Waals surface area (Å²) in [6, 6.07) is 13.1. The Bertz CT molecular complexity index is 1140. The highest BCUT2D eigenvalue weighted by Gasteiger charge is 2.39. The molecule has 1 amide bonds. The number of hydrogen-bond acceptors (Lipinski definition) is 3. The number of allylic oxidation sites excluding steroid dienone is 1. The van der Waals surface area contributed by atoms with Gasteiger partial charge in [0.1, 0.15) is 5.15 Å². The van der Waals surface area contributed by atoms with Gasteiger partial charge in [-0.2, -0.15) is 13.2 Å². The molecule has 0 spiro atoms. The molecule has 0 bridgehead atoms. The normalized spacial score (nSPS) is 12.2. The molecule has 0 saturated carbocycles. The van der Waals surface area contributed by atoms with Crippen molar-refractivity contribution in [2.45, 2.75) is 39.5 Å². The number of rotatable bonds is 5. The van der Waals surface area contributed by atoms with E-state index in [4.69, 9.17) is 22.4 Å². The van der Waals surface area contributed by atoms with Crippen molar-refractivity contribution in [3.05, 3.63) is 105 Å². The van der Waals surface area contributed by atoms with Crippen molar-refractivity contribution in [2.75, 3.05) is 0 Å². The Kier molecular flexibility index (Phi) is 9.41. The fourth-order valence-corrected chi connectivity index (χ4v) is 3.48. The van der Waals surface area contributed by atoms with Gasteiger partial charge in [0, 0.05) is 11.8 Å². The number of primary amides is 1. The summed E-state index contributed by atoms with van der Waals surface area (Å²) in [4.78, 5) is 15.0. The molecule has 8 heteroatoms. The first kappa shape index (κ1) is 27.1. The number of nitrogens with zero attached hydrogens (tertiary/aromatic N) is 1. The van der Waals surface area contributed by atoms with Crippen LogP contribution in [0.4, 0.5) is 13.2 Å². The first-order valence-corrected chi connectivity index (χ1v) is 10.7. The number of hydrogen-bond donors (Lipinski definition) is 2. The molecular weight excluding hydrogens is 465 g/mol. The van der Waals surface area contributed by atoms with Crippen LogP contribution in [0.5, 0.6) is 0 Å². The lowest BCUT2D eigenvalue weighted by Crippen LogP contribution is -2.19. The second kappa shape index (κ2) is 11.8. The van der Waals surface area contributed by atoms with Gasteiger partial charge in [0.2, 0.25) is 5.91 Å². The van der Waals surface area contributed by atoms with Crippen LogP contribution >= 0.6 is 11.6 Å². The molecule has 180 valence electrons. The zero-order valence-corrected chi connectivity index (χ0v) is 19.8. The lowest BCUT2D eigenvalue weighted by molar-refractivity contribution is -0.139. The molecule has 4 nitrogen and oxygen atoms in total. The minimum Gasteiger partial charge on any atom is -0.392 e. The third kappa shape index (κ3) is 8.01. The molecule has 0 aliphatic heterocycles. The highest BCUT2D eigenvalue weighted by atomic mass is 35.5. The monoisotopic (exact) mass is 490 g/mol. The number of aliphatic hydroxyl groups excluding tert-OH is 1. The molecule has 0 fully saturated rings. The smallest absolute Gasteiger partial charge is 0.392 e. The zero-order chi connectivity index (χ0) is 25.5. The van der Waals surface area contributed by atoms with Crippen LogP contribution in [0.15, 0.2) is 60.8 Å². The maximum atomic E-state index is 13.5. The molecule has 1 unspecified atom stereocenters. The van der Waals surface area contributed by atoms with E-state index in [0.29, 0.717) is 21.8 Å². The molecule has 1 heterocycles. The molecule has 3 aromatic rings. The number of carbonyl (C=O) groups excluding carboxylic acids is 1. The summed E-state index contributed by atoms with van der Waals surface area (Å²) in [6.45, 7) is 5.27. The summed E-state index contributed by atoms with van der Waals surface area (Å²) < 4.78 is 40.5.